The lowest BCUT2D eigenvalue weighted by Gasteiger charge is -2.36. The summed E-state index contributed by atoms with van der Waals surface area (Å²) in [5.41, 5.74) is 0. The van der Waals surface area contributed by atoms with Gasteiger partial charge in [0.2, 0.25) is 0 Å². The fourth-order valence-electron chi connectivity index (χ4n) is 4.98. The van der Waals surface area contributed by atoms with E-state index in [1.807, 2.05) is 0 Å². The number of hydrogen-bond acceptors (Lipinski definition) is 0. The summed E-state index contributed by atoms with van der Waals surface area (Å²) < 4.78 is 0.821. The van der Waals surface area contributed by atoms with Gasteiger partial charge in [-0.25, -0.2) is 0 Å². The first-order valence-corrected chi connectivity index (χ1v) is 10.5. The van der Waals surface area contributed by atoms with Crippen molar-refractivity contribution in [3.05, 3.63) is 24.3 Å². The third-order valence-electron chi connectivity index (χ3n) is 6.32. The molecule has 0 bridgehead atoms. The molecule has 0 aromatic carbocycles. The maximum absolute atomic E-state index is 2.65. The van der Waals surface area contributed by atoms with Crippen LogP contribution >= 0.6 is 22.6 Å². The average molecular weight is 398 g/mol. The van der Waals surface area contributed by atoms with Crippen LogP contribution in [0.5, 0.6) is 0 Å². The number of halogens is 1. The zero-order valence-electron chi connectivity index (χ0n) is 13.5. The molecule has 0 N–H and O–H groups in total. The van der Waals surface area contributed by atoms with Gasteiger partial charge < -0.3 is 0 Å². The fourth-order valence-corrected chi connectivity index (χ4v) is 5.86. The van der Waals surface area contributed by atoms with Crippen molar-refractivity contribution in [1.82, 2.24) is 0 Å². The van der Waals surface area contributed by atoms with Gasteiger partial charge in [0, 0.05) is 3.92 Å². The quantitative estimate of drug-likeness (QED) is 0.286. The van der Waals surface area contributed by atoms with Crippen LogP contribution in [0.4, 0.5) is 0 Å². The molecule has 0 aromatic rings. The summed E-state index contributed by atoms with van der Waals surface area (Å²) in [4.78, 5) is 0. The first kappa shape index (κ1) is 16.1. The molecule has 0 aromatic heterocycles. The summed E-state index contributed by atoms with van der Waals surface area (Å²) in [6.45, 7) is 2.41. The zero-order valence-corrected chi connectivity index (χ0v) is 15.7. The van der Waals surface area contributed by atoms with Crippen molar-refractivity contribution in [2.75, 3.05) is 0 Å². The smallest absolute Gasteiger partial charge is 0.0115 e. The van der Waals surface area contributed by atoms with Gasteiger partial charge in [-0.05, 0) is 74.5 Å². The molecule has 118 valence electrons. The molecule has 0 radical (unpaired) electrons. The Morgan fingerprint density at radius 3 is 2.71 bits per heavy atom. The molecule has 3 aliphatic carbocycles. The zero-order chi connectivity index (χ0) is 14.7. The third kappa shape index (κ3) is 4.14. The normalized spacial score (nSPS) is 40.8. The van der Waals surface area contributed by atoms with E-state index in [4.69, 9.17) is 0 Å². The molecule has 6 unspecified atom stereocenters. The van der Waals surface area contributed by atoms with Crippen LogP contribution in [0.15, 0.2) is 24.3 Å². The fraction of sp³-hybridized carbons (Fsp3) is 0.800. The Bertz CT molecular complexity index is 381. The molecule has 0 spiro atoms. The third-order valence-corrected chi connectivity index (χ3v) is 7.25. The Kier molecular flexibility index (Phi) is 5.86. The molecule has 0 heterocycles. The van der Waals surface area contributed by atoms with Gasteiger partial charge in [-0.15, -0.1) is 0 Å². The van der Waals surface area contributed by atoms with Gasteiger partial charge in [0.15, 0.2) is 0 Å². The summed E-state index contributed by atoms with van der Waals surface area (Å²) in [5, 5.41) is 0. The van der Waals surface area contributed by atoms with Gasteiger partial charge in [-0.1, -0.05) is 66.7 Å². The molecule has 6 atom stereocenters. The molecule has 0 aliphatic heterocycles. The van der Waals surface area contributed by atoms with Crippen molar-refractivity contribution in [2.45, 2.75) is 68.6 Å². The summed E-state index contributed by atoms with van der Waals surface area (Å²) in [7, 11) is 0. The monoisotopic (exact) mass is 398 g/mol. The summed E-state index contributed by atoms with van der Waals surface area (Å²) in [5.74, 6) is 4.72. The highest BCUT2D eigenvalue weighted by molar-refractivity contribution is 14.1. The van der Waals surface area contributed by atoms with Crippen molar-refractivity contribution >= 4 is 22.6 Å². The molecule has 1 fully saturated rings. The van der Waals surface area contributed by atoms with Crippen LogP contribution < -0.4 is 0 Å². The van der Waals surface area contributed by atoms with Gasteiger partial charge in [0.05, 0.1) is 0 Å². The van der Waals surface area contributed by atoms with E-state index in [0.717, 1.165) is 33.5 Å². The van der Waals surface area contributed by atoms with Crippen molar-refractivity contribution in [3.8, 4) is 0 Å². The van der Waals surface area contributed by atoms with Crippen molar-refractivity contribution in [2.24, 2.45) is 29.6 Å². The number of rotatable bonds is 4. The van der Waals surface area contributed by atoms with Crippen LogP contribution in [0.1, 0.15) is 64.7 Å². The van der Waals surface area contributed by atoms with E-state index in [1.165, 1.54) is 57.8 Å². The maximum Gasteiger partial charge on any atom is 0.0115 e. The standard InChI is InChI=1S/C20H31I/c1-15(21)20-9-5-4-7-18(20)13-11-16-10-12-17-6-2-3-8-19(17)14-16/h4-5,10,12,15-20H,2-3,6-9,11,13-14H2,1H3. The summed E-state index contributed by atoms with van der Waals surface area (Å²) >= 11 is 2.65. The van der Waals surface area contributed by atoms with Gasteiger partial charge >= 0.3 is 0 Å². The van der Waals surface area contributed by atoms with Crippen LogP contribution in [-0.4, -0.2) is 3.92 Å². The Morgan fingerprint density at radius 2 is 1.86 bits per heavy atom. The minimum atomic E-state index is 0.821. The molecular formula is C20H31I. The molecular weight excluding hydrogens is 367 g/mol. The molecule has 3 rings (SSSR count). The molecule has 0 nitrogen and oxygen atoms in total. The number of alkyl halides is 1. The molecule has 1 heteroatoms. The lowest BCUT2D eigenvalue weighted by Crippen LogP contribution is -2.26. The number of hydrogen-bond donors (Lipinski definition) is 0. The highest BCUT2D eigenvalue weighted by Gasteiger charge is 2.30. The van der Waals surface area contributed by atoms with E-state index in [-0.39, 0.29) is 0 Å². The van der Waals surface area contributed by atoms with Gasteiger partial charge in [-0.3, -0.25) is 0 Å². The van der Waals surface area contributed by atoms with Gasteiger partial charge in [-0.2, -0.15) is 0 Å². The molecule has 3 aliphatic rings. The first-order valence-electron chi connectivity index (χ1n) is 9.21. The highest BCUT2D eigenvalue weighted by Crippen LogP contribution is 2.42. The molecule has 21 heavy (non-hydrogen) atoms. The Morgan fingerprint density at radius 1 is 1.05 bits per heavy atom. The van der Waals surface area contributed by atoms with Crippen molar-refractivity contribution < 1.29 is 0 Å². The first-order chi connectivity index (χ1) is 10.2. The lowest BCUT2D eigenvalue weighted by atomic mass is 9.69. The van der Waals surface area contributed by atoms with Crippen LogP contribution in [0, 0.1) is 29.6 Å². The Hall–Kier alpha value is 0.210. The predicted molar refractivity (Wildman–Crippen MR) is 101 cm³/mol. The summed E-state index contributed by atoms with van der Waals surface area (Å²) in [6.07, 6.45) is 23.0. The second-order valence-electron chi connectivity index (χ2n) is 7.71. The van der Waals surface area contributed by atoms with Crippen molar-refractivity contribution in [3.63, 3.8) is 0 Å². The lowest BCUT2D eigenvalue weighted by molar-refractivity contribution is 0.214. The van der Waals surface area contributed by atoms with Crippen molar-refractivity contribution in [1.29, 1.82) is 0 Å². The maximum atomic E-state index is 2.65. The second kappa shape index (κ2) is 7.66. The Balaban J connectivity index is 1.51. The second-order valence-corrected chi connectivity index (χ2v) is 9.68. The minimum absolute atomic E-state index is 0.821. The number of allylic oxidation sites excluding steroid dienone is 4. The minimum Gasteiger partial charge on any atom is -0.0882 e. The SMILES string of the molecule is CC(I)C1CC=CCC1CCC1C=CC2CCCCC2C1. The van der Waals surface area contributed by atoms with E-state index in [9.17, 15) is 0 Å². The van der Waals surface area contributed by atoms with E-state index >= 15 is 0 Å². The highest BCUT2D eigenvalue weighted by atomic mass is 127. The molecule has 1 saturated carbocycles. The van der Waals surface area contributed by atoms with E-state index in [0.29, 0.717) is 0 Å². The van der Waals surface area contributed by atoms with Crippen LogP contribution in [0.3, 0.4) is 0 Å². The van der Waals surface area contributed by atoms with Crippen LogP contribution in [-0.2, 0) is 0 Å². The average Bonchev–Trinajstić information content (AvgIpc) is 2.53. The van der Waals surface area contributed by atoms with E-state index < -0.39 is 0 Å². The largest absolute Gasteiger partial charge is 0.0882 e. The topological polar surface area (TPSA) is 0 Å². The molecule has 0 amide bonds. The predicted octanol–water partition coefficient (Wildman–Crippen LogP) is 6.56. The van der Waals surface area contributed by atoms with Gasteiger partial charge in [0.1, 0.15) is 0 Å². The van der Waals surface area contributed by atoms with Gasteiger partial charge in [0.25, 0.3) is 0 Å². The van der Waals surface area contributed by atoms with E-state index in [2.05, 4.69) is 53.8 Å². The summed E-state index contributed by atoms with van der Waals surface area (Å²) in [6, 6.07) is 0. The van der Waals surface area contributed by atoms with Crippen LogP contribution in [0.2, 0.25) is 0 Å². The van der Waals surface area contributed by atoms with Crippen LogP contribution in [0.25, 0.3) is 0 Å². The van der Waals surface area contributed by atoms with E-state index in [1.54, 1.807) is 0 Å². The number of fused-ring (bicyclic) bond motifs is 1. The molecule has 0 saturated heterocycles. The Labute approximate surface area is 145 Å².